The maximum Gasteiger partial charge on any atom is 0.262 e. The van der Waals surface area contributed by atoms with Crippen LogP contribution in [0.1, 0.15) is 50.7 Å². The maximum atomic E-state index is 12.6. The van der Waals surface area contributed by atoms with Gasteiger partial charge in [-0.15, -0.1) is 0 Å². The predicted molar refractivity (Wildman–Crippen MR) is 110 cm³/mol. The highest BCUT2D eigenvalue weighted by atomic mass is 16.2. The van der Waals surface area contributed by atoms with Gasteiger partial charge in [0, 0.05) is 6.54 Å². The SMILES string of the molecule is Cc1ccc2c(c1)C(=O)N(CC(=O)NCC(c1ccccc1)N1CCCC1)C2=O. The van der Waals surface area contributed by atoms with Gasteiger partial charge >= 0.3 is 0 Å². The van der Waals surface area contributed by atoms with Crippen LogP contribution in [0.2, 0.25) is 0 Å². The molecule has 2 aliphatic rings. The second-order valence-corrected chi connectivity index (χ2v) is 7.72. The van der Waals surface area contributed by atoms with Crippen LogP contribution in [-0.4, -0.2) is 53.7 Å². The molecule has 1 atom stereocenters. The molecule has 0 radical (unpaired) electrons. The summed E-state index contributed by atoms with van der Waals surface area (Å²) in [5, 5.41) is 2.94. The standard InChI is InChI=1S/C23H25N3O3/c1-16-9-10-18-19(13-16)23(29)26(22(18)28)15-21(27)24-14-20(25-11-5-6-12-25)17-7-3-2-4-8-17/h2-4,7-10,13,20H,5-6,11-12,14-15H2,1H3,(H,24,27). The van der Waals surface area contributed by atoms with Gasteiger partial charge in [0.15, 0.2) is 0 Å². The smallest absolute Gasteiger partial charge is 0.262 e. The molecule has 0 aliphatic carbocycles. The number of hydrogen-bond acceptors (Lipinski definition) is 4. The average molecular weight is 391 g/mol. The first kappa shape index (κ1) is 19.3. The number of carbonyl (C=O) groups is 3. The molecular formula is C23H25N3O3. The van der Waals surface area contributed by atoms with E-state index in [0.29, 0.717) is 17.7 Å². The van der Waals surface area contributed by atoms with E-state index in [-0.39, 0.29) is 18.5 Å². The van der Waals surface area contributed by atoms with Crippen LogP contribution in [0.15, 0.2) is 48.5 Å². The zero-order chi connectivity index (χ0) is 20.4. The van der Waals surface area contributed by atoms with Crippen molar-refractivity contribution in [3.05, 3.63) is 70.8 Å². The van der Waals surface area contributed by atoms with E-state index in [0.717, 1.165) is 42.0 Å². The summed E-state index contributed by atoms with van der Waals surface area (Å²) in [5.74, 6) is -1.13. The molecular weight excluding hydrogens is 366 g/mol. The van der Waals surface area contributed by atoms with Gasteiger partial charge in [-0.1, -0.05) is 42.0 Å². The lowest BCUT2D eigenvalue weighted by Gasteiger charge is -2.28. The van der Waals surface area contributed by atoms with Crippen molar-refractivity contribution >= 4 is 17.7 Å². The molecule has 1 saturated heterocycles. The van der Waals surface area contributed by atoms with Gasteiger partial charge in [0.1, 0.15) is 6.54 Å². The fraction of sp³-hybridized carbons (Fsp3) is 0.348. The van der Waals surface area contributed by atoms with E-state index in [1.165, 1.54) is 0 Å². The first-order chi connectivity index (χ1) is 14.0. The van der Waals surface area contributed by atoms with Crippen LogP contribution < -0.4 is 5.32 Å². The molecule has 4 rings (SSSR count). The van der Waals surface area contributed by atoms with E-state index >= 15 is 0 Å². The van der Waals surface area contributed by atoms with Crippen molar-refractivity contribution in [2.75, 3.05) is 26.2 Å². The van der Waals surface area contributed by atoms with Crippen LogP contribution >= 0.6 is 0 Å². The largest absolute Gasteiger partial charge is 0.353 e. The van der Waals surface area contributed by atoms with E-state index < -0.39 is 11.8 Å². The van der Waals surface area contributed by atoms with Gasteiger partial charge in [0.25, 0.3) is 11.8 Å². The van der Waals surface area contributed by atoms with Crippen molar-refractivity contribution in [3.8, 4) is 0 Å². The summed E-state index contributed by atoms with van der Waals surface area (Å²) in [5.41, 5.74) is 2.81. The molecule has 2 heterocycles. The monoisotopic (exact) mass is 391 g/mol. The lowest BCUT2D eigenvalue weighted by atomic mass is 10.1. The quantitative estimate of drug-likeness (QED) is 0.769. The summed E-state index contributed by atoms with van der Waals surface area (Å²) in [6.07, 6.45) is 2.32. The normalized spacial score (nSPS) is 17.5. The molecule has 2 aromatic rings. The Balaban J connectivity index is 1.41. The number of hydrogen-bond donors (Lipinski definition) is 1. The molecule has 6 nitrogen and oxygen atoms in total. The van der Waals surface area contributed by atoms with Crippen LogP contribution in [0.25, 0.3) is 0 Å². The van der Waals surface area contributed by atoms with Crippen LogP contribution in [-0.2, 0) is 4.79 Å². The molecule has 2 aromatic carbocycles. The fourth-order valence-corrected chi connectivity index (χ4v) is 4.14. The van der Waals surface area contributed by atoms with Crippen molar-refractivity contribution < 1.29 is 14.4 Å². The number of imide groups is 1. The van der Waals surface area contributed by atoms with Gasteiger partial charge in [-0.2, -0.15) is 0 Å². The van der Waals surface area contributed by atoms with E-state index in [1.54, 1.807) is 18.2 Å². The molecule has 1 N–H and O–H groups in total. The lowest BCUT2D eigenvalue weighted by Crippen LogP contribution is -2.43. The Kier molecular flexibility index (Phi) is 5.45. The number of carbonyl (C=O) groups excluding carboxylic acids is 3. The van der Waals surface area contributed by atoms with Crippen molar-refractivity contribution in [2.24, 2.45) is 0 Å². The highest BCUT2D eigenvalue weighted by Crippen LogP contribution is 2.25. The molecule has 3 amide bonds. The predicted octanol–water partition coefficient (Wildman–Crippen LogP) is 2.54. The molecule has 0 spiro atoms. The third-order valence-corrected chi connectivity index (χ3v) is 5.69. The fourth-order valence-electron chi connectivity index (χ4n) is 4.14. The summed E-state index contributed by atoms with van der Waals surface area (Å²) in [4.78, 5) is 41.1. The molecule has 1 fully saturated rings. The van der Waals surface area contributed by atoms with Gasteiger partial charge in [-0.05, 0) is 50.6 Å². The van der Waals surface area contributed by atoms with Crippen LogP contribution in [0, 0.1) is 6.92 Å². The van der Waals surface area contributed by atoms with Gasteiger partial charge in [-0.25, -0.2) is 0 Å². The Morgan fingerprint density at radius 3 is 2.41 bits per heavy atom. The number of nitrogens with zero attached hydrogens (tertiary/aromatic N) is 2. The summed E-state index contributed by atoms with van der Waals surface area (Å²) >= 11 is 0. The van der Waals surface area contributed by atoms with Gasteiger partial charge in [0.2, 0.25) is 5.91 Å². The van der Waals surface area contributed by atoms with E-state index in [2.05, 4.69) is 22.3 Å². The minimum atomic E-state index is -0.403. The number of amides is 3. The third-order valence-electron chi connectivity index (χ3n) is 5.69. The number of benzene rings is 2. The Labute approximate surface area is 170 Å². The Bertz CT molecular complexity index is 936. The third kappa shape index (κ3) is 3.93. The van der Waals surface area contributed by atoms with Crippen molar-refractivity contribution in [3.63, 3.8) is 0 Å². The number of nitrogens with one attached hydrogen (secondary N) is 1. The molecule has 0 aromatic heterocycles. The van der Waals surface area contributed by atoms with E-state index in [9.17, 15) is 14.4 Å². The second-order valence-electron chi connectivity index (χ2n) is 7.72. The molecule has 150 valence electrons. The highest BCUT2D eigenvalue weighted by Gasteiger charge is 2.36. The van der Waals surface area contributed by atoms with Crippen molar-refractivity contribution in [1.29, 1.82) is 0 Å². The highest BCUT2D eigenvalue weighted by molar-refractivity contribution is 6.22. The Hall–Kier alpha value is -2.99. The first-order valence-electron chi connectivity index (χ1n) is 10.1. The van der Waals surface area contributed by atoms with Gasteiger partial charge in [-0.3, -0.25) is 24.2 Å². The summed E-state index contributed by atoms with van der Waals surface area (Å²) < 4.78 is 0. The Morgan fingerprint density at radius 1 is 1.00 bits per heavy atom. The van der Waals surface area contributed by atoms with Crippen molar-refractivity contribution in [1.82, 2.24) is 15.1 Å². The summed E-state index contributed by atoms with van der Waals surface area (Å²) in [7, 11) is 0. The molecule has 2 aliphatic heterocycles. The number of rotatable bonds is 6. The summed E-state index contributed by atoms with van der Waals surface area (Å²) in [6, 6.07) is 15.4. The van der Waals surface area contributed by atoms with E-state index in [1.807, 2.05) is 25.1 Å². The minimum absolute atomic E-state index is 0.0903. The Morgan fingerprint density at radius 2 is 1.69 bits per heavy atom. The zero-order valence-electron chi connectivity index (χ0n) is 16.6. The summed E-state index contributed by atoms with van der Waals surface area (Å²) in [6.45, 7) is 4.08. The van der Waals surface area contributed by atoms with Crippen LogP contribution in [0.3, 0.4) is 0 Å². The topological polar surface area (TPSA) is 69.7 Å². The molecule has 6 heteroatoms. The van der Waals surface area contributed by atoms with Crippen molar-refractivity contribution in [2.45, 2.75) is 25.8 Å². The molecule has 0 bridgehead atoms. The van der Waals surface area contributed by atoms with Gasteiger partial charge in [0.05, 0.1) is 17.2 Å². The molecule has 29 heavy (non-hydrogen) atoms. The second kappa shape index (κ2) is 8.17. The average Bonchev–Trinajstić information content (AvgIpc) is 3.33. The molecule has 1 unspecified atom stereocenters. The van der Waals surface area contributed by atoms with E-state index in [4.69, 9.17) is 0 Å². The number of likely N-dealkylation sites (tertiary alicyclic amines) is 1. The number of fused-ring (bicyclic) bond motifs is 1. The van der Waals surface area contributed by atoms with Gasteiger partial charge < -0.3 is 5.32 Å². The number of aryl methyl sites for hydroxylation is 1. The lowest BCUT2D eigenvalue weighted by molar-refractivity contribution is -0.121. The first-order valence-corrected chi connectivity index (χ1v) is 10.1. The van der Waals surface area contributed by atoms with Crippen LogP contribution in [0.5, 0.6) is 0 Å². The van der Waals surface area contributed by atoms with Crippen LogP contribution in [0.4, 0.5) is 0 Å². The zero-order valence-corrected chi connectivity index (χ0v) is 16.6. The minimum Gasteiger partial charge on any atom is -0.353 e. The molecule has 0 saturated carbocycles. The maximum absolute atomic E-state index is 12.6.